The van der Waals surface area contributed by atoms with Gasteiger partial charge in [-0.05, 0) is 37.6 Å². The number of hydrogen-bond acceptors (Lipinski definition) is 1. The third-order valence-corrected chi connectivity index (χ3v) is 3.13. The van der Waals surface area contributed by atoms with Gasteiger partial charge in [-0.3, -0.25) is 0 Å². The highest BCUT2D eigenvalue weighted by Crippen LogP contribution is 2.21. The predicted molar refractivity (Wildman–Crippen MR) is 77.6 cm³/mol. The van der Waals surface area contributed by atoms with Gasteiger partial charge in [-0.2, -0.15) is 0 Å². The van der Waals surface area contributed by atoms with E-state index in [0.29, 0.717) is 6.54 Å². The first-order valence-electron chi connectivity index (χ1n) is 6.57. The van der Waals surface area contributed by atoms with Gasteiger partial charge in [0, 0.05) is 17.1 Å². The molecule has 0 saturated heterocycles. The molecule has 0 spiro atoms. The summed E-state index contributed by atoms with van der Waals surface area (Å²) in [6, 6.07) is 8.47. The minimum atomic E-state index is 0.642. The maximum absolute atomic E-state index is 5.42. The van der Waals surface area contributed by atoms with Gasteiger partial charge < -0.3 is 9.88 Å². The molecule has 1 aromatic carbocycles. The smallest absolute Gasteiger partial charge is 0.0835 e. The minimum absolute atomic E-state index is 0.642. The van der Waals surface area contributed by atoms with Crippen LogP contribution in [0.2, 0.25) is 0 Å². The van der Waals surface area contributed by atoms with Crippen LogP contribution in [0.1, 0.15) is 18.9 Å². The van der Waals surface area contributed by atoms with Gasteiger partial charge >= 0.3 is 0 Å². The Bertz CT molecular complexity index is 546. The molecule has 1 aromatic heterocycles. The van der Waals surface area contributed by atoms with E-state index >= 15 is 0 Å². The van der Waals surface area contributed by atoms with Gasteiger partial charge in [-0.25, -0.2) is 0 Å². The van der Waals surface area contributed by atoms with E-state index in [1.807, 2.05) is 0 Å². The quantitative estimate of drug-likeness (QED) is 0.607. The number of nitrogens with one attached hydrogen (secondary N) is 1. The molecule has 2 nitrogen and oxygen atoms in total. The van der Waals surface area contributed by atoms with E-state index in [0.717, 1.165) is 19.5 Å². The van der Waals surface area contributed by atoms with Crippen molar-refractivity contribution in [3.05, 3.63) is 36.0 Å². The summed E-state index contributed by atoms with van der Waals surface area (Å²) in [4.78, 5) is 0. The number of hydrogen-bond donors (Lipinski definition) is 1. The van der Waals surface area contributed by atoms with Crippen molar-refractivity contribution in [1.82, 2.24) is 9.88 Å². The number of nitrogens with zero attached hydrogens (tertiary/aromatic N) is 1. The number of aromatic nitrogens is 1. The second-order valence-corrected chi connectivity index (χ2v) is 4.50. The molecule has 1 heterocycles. The first kappa shape index (κ1) is 12.7. The van der Waals surface area contributed by atoms with Crippen LogP contribution < -0.4 is 5.32 Å². The van der Waals surface area contributed by atoms with Gasteiger partial charge in [0.1, 0.15) is 0 Å². The van der Waals surface area contributed by atoms with Crippen LogP contribution in [0.4, 0.5) is 0 Å². The first-order chi connectivity index (χ1) is 8.86. The maximum atomic E-state index is 5.42. The Morgan fingerprint density at radius 1 is 1.28 bits per heavy atom. The Morgan fingerprint density at radius 2 is 2.11 bits per heavy atom. The molecule has 0 unspecified atom stereocenters. The molecule has 0 aliphatic rings. The summed E-state index contributed by atoms with van der Waals surface area (Å²) in [7, 11) is 0. The third-order valence-electron chi connectivity index (χ3n) is 3.13. The van der Waals surface area contributed by atoms with E-state index in [-0.39, 0.29) is 0 Å². The molecule has 2 heteroatoms. The average molecular weight is 240 g/mol. The van der Waals surface area contributed by atoms with Gasteiger partial charge in [0.2, 0.25) is 0 Å². The van der Waals surface area contributed by atoms with Crippen LogP contribution in [0.15, 0.2) is 30.5 Å². The number of para-hydroxylation sites is 1. The van der Waals surface area contributed by atoms with Crippen LogP contribution >= 0.6 is 0 Å². The zero-order chi connectivity index (χ0) is 12.8. The number of rotatable bonds is 6. The fourth-order valence-corrected chi connectivity index (χ4v) is 2.28. The molecular formula is C16H20N2. The molecule has 0 aliphatic heterocycles. The van der Waals surface area contributed by atoms with Crippen molar-refractivity contribution < 1.29 is 0 Å². The Labute approximate surface area is 109 Å². The van der Waals surface area contributed by atoms with Crippen molar-refractivity contribution in [2.24, 2.45) is 0 Å². The summed E-state index contributed by atoms with van der Waals surface area (Å²) in [5.74, 6) is 2.71. The Balaban J connectivity index is 2.19. The highest BCUT2D eigenvalue weighted by atomic mass is 14.9. The summed E-state index contributed by atoms with van der Waals surface area (Å²) < 4.78 is 2.16. The van der Waals surface area contributed by atoms with Crippen LogP contribution in [-0.4, -0.2) is 17.7 Å². The highest BCUT2D eigenvalue weighted by Gasteiger charge is 2.06. The van der Waals surface area contributed by atoms with E-state index in [4.69, 9.17) is 6.42 Å². The van der Waals surface area contributed by atoms with Crippen LogP contribution in [0.3, 0.4) is 0 Å². The fraction of sp³-hybridized carbons (Fsp3) is 0.375. The lowest BCUT2D eigenvalue weighted by Gasteiger charge is -2.01. The minimum Gasteiger partial charge on any atom is -0.336 e. The molecule has 0 aliphatic carbocycles. The maximum Gasteiger partial charge on any atom is 0.0835 e. The van der Waals surface area contributed by atoms with E-state index in [1.54, 1.807) is 0 Å². The second kappa shape index (κ2) is 6.28. The number of terminal acetylenes is 1. The molecule has 2 rings (SSSR count). The monoisotopic (exact) mass is 240 g/mol. The van der Waals surface area contributed by atoms with E-state index in [2.05, 4.69) is 53.2 Å². The van der Waals surface area contributed by atoms with Crippen LogP contribution in [0, 0.1) is 12.3 Å². The molecule has 0 radical (unpaired) electrons. The second-order valence-electron chi connectivity index (χ2n) is 4.50. The molecular weight excluding hydrogens is 220 g/mol. The van der Waals surface area contributed by atoms with Gasteiger partial charge in [0.25, 0.3) is 0 Å². The van der Waals surface area contributed by atoms with Crippen molar-refractivity contribution in [3.8, 4) is 12.3 Å². The molecule has 1 N–H and O–H groups in total. The summed E-state index contributed by atoms with van der Waals surface area (Å²) in [6.07, 6.45) is 9.84. The summed E-state index contributed by atoms with van der Waals surface area (Å²) in [6.45, 7) is 4.94. The zero-order valence-corrected chi connectivity index (χ0v) is 10.9. The summed E-state index contributed by atoms with van der Waals surface area (Å²) in [5, 5.41) is 4.76. The zero-order valence-electron chi connectivity index (χ0n) is 10.9. The van der Waals surface area contributed by atoms with Crippen molar-refractivity contribution in [3.63, 3.8) is 0 Å². The Morgan fingerprint density at radius 3 is 2.89 bits per heavy atom. The van der Waals surface area contributed by atoms with E-state index in [9.17, 15) is 0 Å². The molecule has 0 bridgehead atoms. The molecule has 0 atom stereocenters. The molecule has 2 aromatic rings. The molecule has 0 amide bonds. The number of fused-ring (bicyclic) bond motifs is 1. The van der Waals surface area contributed by atoms with E-state index < -0.39 is 0 Å². The van der Waals surface area contributed by atoms with E-state index in [1.165, 1.54) is 22.9 Å². The van der Waals surface area contributed by atoms with Crippen LogP contribution in [-0.2, 0) is 13.0 Å². The van der Waals surface area contributed by atoms with Crippen LogP contribution in [0.5, 0.6) is 0 Å². The van der Waals surface area contributed by atoms with Gasteiger partial charge in [0.05, 0.1) is 6.54 Å². The molecule has 94 valence electrons. The standard InChI is InChI=1S/C16H20N2/c1-3-10-17-11-9-14-13-18(12-4-2)16-8-6-5-7-15(14)16/h2,5-8,13,17H,3,9-12H2,1H3. The highest BCUT2D eigenvalue weighted by molar-refractivity contribution is 5.84. The molecule has 0 saturated carbocycles. The average Bonchev–Trinajstić information content (AvgIpc) is 2.74. The lowest BCUT2D eigenvalue weighted by atomic mass is 10.1. The largest absolute Gasteiger partial charge is 0.336 e. The first-order valence-corrected chi connectivity index (χ1v) is 6.57. The lowest BCUT2D eigenvalue weighted by Crippen LogP contribution is -2.17. The number of benzene rings is 1. The van der Waals surface area contributed by atoms with Gasteiger partial charge in [0.15, 0.2) is 0 Å². The molecule has 18 heavy (non-hydrogen) atoms. The summed E-state index contributed by atoms with van der Waals surface area (Å²) >= 11 is 0. The Kier molecular flexibility index (Phi) is 4.44. The van der Waals surface area contributed by atoms with Crippen molar-refractivity contribution in [1.29, 1.82) is 0 Å². The lowest BCUT2D eigenvalue weighted by molar-refractivity contribution is 0.671. The third kappa shape index (κ3) is 2.75. The van der Waals surface area contributed by atoms with Crippen molar-refractivity contribution >= 4 is 10.9 Å². The van der Waals surface area contributed by atoms with Crippen molar-refractivity contribution in [2.45, 2.75) is 26.3 Å². The van der Waals surface area contributed by atoms with Crippen LogP contribution in [0.25, 0.3) is 10.9 Å². The normalized spacial score (nSPS) is 10.7. The van der Waals surface area contributed by atoms with Gasteiger partial charge in [-0.15, -0.1) is 6.42 Å². The summed E-state index contributed by atoms with van der Waals surface area (Å²) in [5.41, 5.74) is 2.62. The van der Waals surface area contributed by atoms with Crippen molar-refractivity contribution in [2.75, 3.05) is 13.1 Å². The van der Waals surface area contributed by atoms with Gasteiger partial charge in [-0.1, -0.05) is 31.0 Å². The Hall–Kier alpha value is -1.72. The molecule has 0 fully saturated rings. The predicted octanol–water partition coefficient (Wildman–Crippen LogP) is 2.82. The SMILES string of the molecule is C#CCn1cc(CCNCCC)c2ccccc21. The fourth-order valence-electron chi connectivity index (χ4n) is 2.28. The topological polar surface area (TPSA) is 17.0 Å².